The van der Waals surface area contributed by atoms with Gasteiger partial charge in [-0.15, -0.1) is 0 Å². The third kappa shape index (κ3) is 44.9. The monoisotopic (exact) mass is 1610 g/mol. The molecule has 4 amide bonds. The number of ketones is 2. The largest absolute Gasteiger partial charge is 0.466 e. The Hall–Kier alpha value is -5.87. The first-order valence-electron chi connectivity index (χ1n) is 43.3. The molecule has 0 aromatic carbocycles. The third-order valence-corrected chi connectivity index (χ3v) is 23.4. The number of hydrogen-bond donors (Lipinski definition) is 4. The second-order valence-electron chi connectivity index (χ2n) is 32.5. The zero-order chi connectivity index (χ0) is 83.4. The molecule has 27 nitrogen and oxygen atoms in total. The maximum absolute atomic E-state index is 13.9. The predicted molar refractivity (Wildman–Crippen MR) is 427 cm³/mol. The number of rotatable bonds is 63. The molecule has 15 atom stereocenters. The average molecular weight is 1610 g/mol. The first-order valence-corrected chi connectivity index (χ1v) is 43.3. The summed E-state index contributed by atoms with van der Waals surface area (Å²) in [6.07, 6.45) is 16.5. The van der Waals surface area contributed by atoms with Gasteiger partial charge in [0.1, 0.15) is 31.4 Å². The Morgan fingerprint density at radius 2 is 0.628 bits per heavy atom. The van der Waals surface area contributed by atoms with E-state index >= 15 is 0 Å². The Kier molecular flexibility index (Phi) is 53.6. The molecule has 0 radical (unpaired) electrons. The van der Waals surface area contributed by atoms with Crippen LogP contribution < -0.4 is 21.3 Å². The Labute approximate surface area is 676 Å². The van der Waals surface area contributed by atoms with Gasteiger partial charge in [0.05, 0.1) is 58.0 Å². The fourth-order valence-corrected chi connectivity index (χ4v) is 15.1. The maximum atomic E-state index is 13.9. The number of hydrogen-bond acceptors (Lipinski definition) is 23. The molecule has 4 N–H and O–H groups in total. The van der Waals surface area contributed by atoms with E-state index in [0.717, 1.165) is 83.5 Å². The van der Waals surface area contributed by atoms with E-state index in [1.807, 2.05) is 6.92 Å². The molecule has 0 bridgehead atoms. The second-order valence-corrected chi connectivity index (χ2v) is 32.5. The highest BCUT2D eigenvalue weighted by molar-refractivity contribution is 5.85. The summed E-state index contributed by atoms with van der Waals surface area (Å²) in [5.41, 5.74) is -0.654. The predicted octanol–water partition coefficient (Wildman–Crippen LogP) is 13.8. The summed E-state index contributed by atoms with van der Waals surface area (Å²) in [7, 11) is 0. The average Bonchev–Trinajstić information content (AvgIpc) is 0.827. The zero-order valence-corrected chi connectivity index (χ0v) is 71.6. The van der Waals surface area contributed by atoms with Crippen molar-refractivity contribution in [3.05, 3.63) is 0 Å². The highest BCUT2D eigenvalue weighted by atomic mass is 16.7. The van der Waals surface area contributed by atoms with E-state index in [1.54, 1.807) is 0 Å². The molecule has 113 heavy (non-hydrogen) atoms. The van der Waals surface area contributed by atoms with Crippen LogP contribution in [0.4, 0.5) is 4.79 Å². The minimum Gasteiger partial charge on any atom is -0.466 e. The minimum absolute atomic E-state index is 0.0395. The van der Waals surface area contributed by atoms with E-state index in [1.165, 1.54) is 20.8 Å². The van der Waals surface area contributed by atoms with Gasteiger partial charge in [0, 0.05) is 122 Å². The van der Waals surface area contributed by atoms with E-state index in [9.17, 15) is 52.7 Å². The smallest absolute Gasteiger partial charge is 0.407 e. The van der Waals surface area contributed by atoms with E-state index in [-0.39, 0.29) is 185 Å². The fourth-order valence-electron chi connectivity index (χ4n) is 15.1. The third-order valence-electron chi connectivity index (χ3n) is 23.4. The van der Waals surface area contributed by atoms with Gasteiger partial charge >= 0.3 is 35.9 Å². The highest BCUT2D eigenvalue weighted by Gasteiger charge is 2.43. The van der Waals surface area contributed by atoms with Crippen molar-refractivity contribution >= 4 is 65.2 Å². The van der Waals surface area contributed by atoms with Crippen molar-refractivity contribution in [1.29, 1.82) is 0 Å². The summed E-state index contributed by atoms with van der Waals surface area (Å²) < 4.78 is 69.5. The van der Waals surface area contributed by atoms with Crippen molar-refractivity contribution in [3.63, 3.8) is 0 Å². The first-order chi connectivity index (χ1) is 54.1. The number of nitrogens with one attached hydrogen (secondary N) is 4. The van der Waals surface area contributed by atoms with Gasteiger partial charge in [0.25, 0.3) is 0 Å². The van der Waals surface area contributed by atoms with Crippen LogP contribution >= 0.6 is 0 Å². The molecule has 3 rings (SSSR count). The standard InChI is InChI=1S/C86H150N4O23/c1-14-87-79(98)43-42-73(95)56-86(44-33-53-102-80(99)40-25-19-16-21-27-47-88-77(96)38-31-51-105-83-67(9)61(3)64(6)75(112-83)58-109-70(12)92,45-34-54-103-81(100)41-26-20-17-22-28-48-89-78(97)39-32-52-106-84-68(10)62(4)65(7)76(113-84)59-110-71(13)93)46-35-55-107-85(101)90-49-29-23-15-18-24-36-72(94)37-30-50-104-82-66(8)60(2)63(5)74(111-82)57-108-69(11)91/h60-68,74-76,82-84H,14-59H2,1-13H3,(H,87,98)(H,88,96)(H,89,97)(H,90,101). The van der Waals surface area contributed by atoms with E-state index in [4.69, 9.17) is 56.8 Å². The van der Waals surface area contributed by atoms with Crippen LogP contribution in [0.15, 0.2) is 0 Å². The number of amides is 4. The van der Waals surface area contributed by atoms with Gasteiger partial charge in [0.15, 0.2) is 18.9 Å². The minimum atomic E-state index is -0.654. The molecule has 15 unspecified atom stereocenters. The van der Waals surface area contributed by atoms with Crippen LogP contribution in [0.25, 0.3) is 0 Å². The van der Waals surface area contributed by atoms with Gasteiger partial charge in [-0.2, -0.15) is 0 Å². The number of carbonyl (C=O) groups is 11. The maximum Gasteiger partial charge on any atom is 0.407 e. The molecule has 3 aliphatic rings. The first kappa shape index (κ1) is 101. The molecular formula is C86H150N4O23. The molecule has 3 heterocycles. The lowest BCUT2D eigenvalue weighted by Crippen LogP contribution is -2.47. The van der Waals surface area contributed by atoms with E-state index < -0.39 is 30.4 Å². The van der Waals surface area contributed by atoms with Crippen LogP contribution in [-0.2, 0) is 105 Å². The summed E-state index contributed by atoms with van der Waals surface area (Å²) in [6, 6.07) is 0. The van der Waals surface area contributed by atoms with Crippen LogP contribution in [0.1, 0.15) is 302 Å². The van der Waals surface area contributed by atoms with Crippen molar-refractivity contribution in [2.45, 2.75) is 339 Å². The van der Waals surface area contributed by atoms with E-state index in [0.29, 0.717) is 160 Å². The summed E-state index contributed by atoms with van der Waals surface area (Å²) in [6.45, 7) is 29.0. The highest BCUT2D eigenvalue weighted by Crippen LogP contribution is 2.41. The Morgan fingerprint density at radius 3 is 1.01 bits per heavy atom. The number of ether oxygens (including phenoxy) is 12. The summed E-state index contributed by atoms with van der Waals surface area (Å²) >= 11 is 0. The van der Waals surface area contributed by atoms with Crippen LogP contribution in [0.2, 0.25) is 0 Å². The number of Topliss-reactive ketones (excluding diaryl/α,β-unsaturated/α-hetero) is 2. The topological polar surface area (TPSA) is 347 Å². The van der Waals surface area contributed by atoms with Gasteiger partial charge in [-0.05, 0) is 144 Å². The van der Waals surface area contributed by atoms with Gasteiger partial charge in [-0.3, -0.25) is 47.9 Å². The van der Waals surface area contributed by atoms with Gasteiger partial charge in [0.2, 0.25) is 17.7 Å². The molecule has 652 valence electrons. The van der Waals surface area contributed by atoms with Crippen LogP contribution in [0, 0.1) is 58.7 Å². The van der Waals surface area contributed by atoms with Crippen LogP contribution in [-0.4, -0.2) is 188 Å². The number of alkyl carbamates (subject to hydrolysis) is 1. The number of unbranched alkanes of at least 4 members (excludes halogenated alkanes) is 12. The van der Waals surface area contributed by atoms with Crippen LogP contribution in [0.5, 0.6) is 0 Å². The second kappa shape index (κ2) is 59.7. The van der Waals surface area contributed by atoms with Gasteiger partial charge < -0.3 is 78.1 Å². The summed E-state index contributed by atoms with van der Waals surface area (Å²) in [4.78, 5) is 138. The zero-order valence-electron chi connectivity index (χ0n) is 71.6. The van der Waals surface area contributed by atoms with Crippen LogP contribution in [0.3, 0.4) is 0 Å². The normalized spacial score (nSPS) is 24.0. The van der Waals surface area contributed by atoms with Crippen molar-refractivity contribution < 1.29 is 110 Å². The Bertz CT molecular complexity index is 2480. The molecule has 3 aliphatic heterocycles. The van der Waals surface area contributed by atoms with Crippen molar-refractivity contribution in [2.75, 3.05) is 85.6 Å². The van der Waals surface area contributed by atoms with Crippen molar-refractivity contribution in [2.24, 2.45) is 58.7 Å². The van der Waals surface area contributed by atoms with Gasteiger partial charge in [-0.25, -0.2) is 4.79 Å². The fraction of sp³-hybridized carbons (Fsp3) is 0.872. The molecule has 3 saturated heterocycles. The molecular weight excluding hydrogens is 1460 g/mol. The SMILES string of the molecule is CCNC(=O)CCC(=O)CC(CCCOC(=O)CCCCCCCNC(=O)CCCOC1OC(COC(C)=O)C(C)C(C)C1C)(CCCOC(=O)CCCCCCCNC(=O)CCCOC1OC(COC(C)=O)C(C)C(C)C1C)CCCOC(=O)NCCCCCCCC(=O)CCCOC1OC(COC(C)=O)C(C)C(C)C1C. The number of carbonyl (C=O) groups excluding carboxylic acids is 11. The Morgan fingerprint density at radius 1 is 0.301 bits per heavy atom. The molecule has 0 saturated carbocycles. The molecule has 0 aromatic rings. The molecule has 0 aliphatic carbocycles. The van der Waals surface area contributed by atoms with Gasteiger partial charge in [-0.1, -0.05) is 120 Å². The Balaban J connectivity index is 1.44. The van der Waals surface area contributed by atoms with E-state index in [2.05, 4.69) is 83.6 Å². The lowest BCUT2D eigenvalue weighted by Gasteiger charge is -2.43. The lowest BCUT2D eigenvalue weighted by atomic mass is 9.71. The molecule has 0 aromatic heterocycles. The van der Waals surface area contributed by atoms with Crippen molar-refractivity contribution in [1.82, 2.24) is 21.3 Å². The quantitative estimate of drug-likeness (QED) is 0.0250. The summed E-state index contributed by atoms with van der Waals surface area (Å²) in [5.74, 6) is 0.0717. The lowest BCUT2D eigenvalue weighted by molar-refractivity contribution is -0.255. The molecule has 27 heteroatoms. The van der Waals surface area contributed by atoms with Crippen molar-refractivity contribution in [3.8, 4) is 0 Å². The molecule has 0 spiro atoms. The molecule has 3 fully saturated rings. The summed E-state index contributed by atoms with van der Waals surface area (Å²) in [5, 5.41) is 11.6. The number of esters is 5.